The van der Waals surface area contributed by atoms with Crippen LogP contribution in [0.15, 0.2) is 48.2 Å². The zero-order chi connectivity index (χ0) is 25.7. The van der Waals surface area contributed by atoms with Crippen molar-refractivity contribution in [3.63, 3.8) is 0 Å². The van der Waals surface area contributed by atoms with Gasteiger partial charge >= 0.3 is 11.9 Å². The number of hydrogen-bond acceptors (Lipinski definition) is 6. The Bertz CT molecular complexity index is 1090. The predicted molar refractivity (Wildman–Crippen MR) is 136 cm³/mol. The molecule has 0 aromatic heterocycles. The largest absolute Gasteiger partial charge is 0.386 e. The first-order valence-electron chi connectivity index (χ1n) is 12.9. The standard InChI is InChI=1S/C30H36O6/c1-19-7-5-8-20(2)27(19)29(31)35-33-25-15-11-23(12-16-25)24-13-17-26(18-14-24)34-36-30(32)28-21(3)9-6-10-22(28)4/h5-10,15,23-24,26H,11-14,16-18H2,1-4H3. The van der Waals surface area contributed by atoms with E-state index in [1.807, 2.05) is 64.1 Å². The third-order valence-electron chi connectivity index (χ3n) is 7.65. The van der Waals surface area contributed by atoms with E-state index in [2.05, 4.69) is 6.08 Å². The Morgan fingerprint density at radius 3 is 1.72 bits per heavy atom. The summed E-state index contributed by atoms with van der Waals surface area (Å²) in [5.41, 5.74) is 4.67. The SMILES string of the molecule is Cc1cccc(C)c1C(=O)OOC1=CCC(C2CCC(OOC(=O)c3c(C)cccc3C)CC2)CC1. The Morgan fingerprint density at radius 1 is 0.694 bits per heavy atom. The molecule has 0 amide bonds. The normalized spacial score (nSPS) is 21.9. The zero-order valence-electron chi connectivity index (χ0n) is 21.7. The lowest BCUT2D eigenvalue weighted by molar-refractivity contribution is -0.281. The van der Waals surface area contributed by atoms with Crippen molar-refractivity contribution >= 4 is 11.9 Å². The molecule has 1 fully saturated rings. The summed E-state index contributed by atoms with van der Waals surface area (Å²) in [6.45, 7) is 7.59. The lowest BCUT2D eigenvalue weighted by Crippen LogP contribution is -2.28. The van der Waals surface area contributed by atoms with Gasteiger partial charge in [-0.25, -0.2) is 14.5 Å². The predicted octanol–water partition coefficient (Wildman–Crippen LogP) is 7.04. The topological polar surface area (TPSA) is 71.1 Å². The van der Waals surface area contributed by atoms with Gasteiger partial charge in [-0.05, 0) is 106 Å². The molecular weight excluding hydrogens is 456 g/mol. The third-order valence-corrected chi connectivity index (χ3v) is 7.65. The van der Waals surface area contributed by atoms with E-state index in [-0.39, 0.29) is 6.10 Å². The second kappa shape index (κ2) is 11.7. The van der Waals surface area contributed by atoms with Crippen LogP contribution in [-0.4, -0.2) is 18.0 Å². The summed E-state index contributed by atoms with van der Waals surface area (Å²) in [6.07, 6.45) is 8.51. The van der Waals surface area contributed by atoms with Crippen molar-refractivity contribution in [3.8, 4) is 0 Å². The van der Waals surface area contributed by atoms with Crippen LogP contribution in [0.3, 0.4) is 0 Å². The molecule has 0 radical (unpaired) electrons. The van der Waals surface area contributed by atoms with Gasteiger partial charge in [-0.1, -0.05) is 36.4 Å². The van der Waals surface area contributed by atoms with Gasteiger partial charge in [-0.2, -0.15) is 4.89 Å². The Kier molecular flexibility index (Phi) is 8.47. The number of carbonyl (C=O) groups is 2. The lowest BCUT2D eigenvalue weighted by atomic mass is 9.74. The van der Waals surface area contributed by atoms with Gasteiger partial charge in [0.15, 0.2) is 5.76 Å². The Balaban J connectivity index is 1.19. The summed E-state index contributed by atoms with van der Waals surface area (Å²) < 4.78 is 0. The molecule has 0 saturated heterocycles. The molecule has 6 nitrogen and oxygen atoms in total. The van der Waals surface area contributed by atoms with Gasteiger partial charge in [0, 0.05) is 6.42 Å². The molecule has 1 atom stereocenters. The van der Waals surface area contributed by atoms with E-state index in [1.165, 1.54) is 0 Å². The molecule has 36 heavy (non-hydrogen) atoms. The summed E-state index contributed by atoms with van der Waals surface area (Å²) in [6, 6.07) is 11.4. The smallest absolute Gasteiger partial charge is 0.293 e. The first-order chi connectivity index (χ1) is 17.3. The minimum absolute atomic E-state index is 0.0585. The van der Waals surface area contributed by atoms with E-state index in [1.54, 1.807) is 0 Å². The molecule has 0 spiro atoms. The highest BCUT2D eigenvalue weighted by atomic mass is 17.2. The van der Waals surface area contributed by atoms with Crippen molar-refractivity contribution in [1.82, 2.24) is 0 Å². The monoisotopic (exact) mass is 492 g/mol. The molecule has 0 N–H and O–H groups in total. The minimum Gasteiger partial charge on any atom is -0.293 e. The molecule has 2 aromatic rings. The number of aryl methyl sites for hydroxylation is 4. The van der Waals surface area contributed by atoms with Crippen molar-refractivity contribution in [2.75, 3.05) is 0 Å². The Labute approximate surface area is 213 Å². The van der Waals surface area contributed by atoms with Crippen LogP contribution in [-0.2, 0) is 19.6 Å². The lowest BCUT2D eigenvalue weighted by Gasteiger charge is -2.34. The number of hydrogen-bond donors (Lipinski definition) is 0. The number of allylic oxidation sites excluding steroid dienone is 2. The summed E-state index contributed by atoms with van der Waals surface area (Å²) >= 11 is 0. The Morgan fingerprint density at radius 2 is 1.22 bits per heavy atom. The fourth-order valence-electron chi connectivity index (χ4n) is 5.55. The van der Waals surface area contributed by atoms with Gasteiger partial charge in [-0.3, -0.25) is 9.78 Å². The number of carbonyl (C=O) groups excluding carboxylic acids is 2. The molecule has 0 heterocycles. The van der Waals surface area contributed by atoms with Crippen LogP contribution >= 0.6 is 0 Å². The third kappa shape index (κ3) is 6.16. The van der Waals surface area contributed by atoms with Gasteiger partial charge in [0.25, 0.3) is 0 Å². The van der Waals surface area contributed by atoms with Crippen molar-refractivity contribution in [3.05, 3.63) is 81.6 Å². The van der Waals surface area contributed by atoms with E-state index in [0.29, 0.717) is 23.0 Å². The van der Waals surface area contributed by atoms with Crippen LogP contribution in [0.1, 0.15) is 87.9 Å². The highest BCUT2D eigenvalue weighted by Gasteiger charge is 2.31. The zero-order valence-corrected chi connectivity index (χ0v) is 21.7. The van der Waals surface area contributed by atoms with E-state index < -0.39 is 11.9 Å². The quantitative estimate of drug-likeness (QED) is 0.305. The summed E-state index contributed by atoms with van der Waals surface area (Å²) in [5, 5.41) is 0. The number of benzene rings is 2. The van der Waals surface area contributed by atoms with Gasteiger partial charge in [0.1, 0.15) is 6.10 Å². The maximum Gasteiger partial charge on any atom is 0.386 e. The minimum atomic E-state index is -0.453. The van der Waals surface area contributed by atoms with Crippen LogP contribution in [0.25, 0.3) is 0 Å². The molecule has 192 valence electrons. The first-order valence-corrected chi connectivity index (χ1v) is 12.9. The van der Waals surface area contributed by atoms with E-state index in [0.717, 1.165) is 73.0 Å². The molecule has 4 rings (SSSR count). The molecule has 0 bridgehead atoms. The van der Waals surface area contributed by atoms with Gasteiger partial charge in [-0.15, -0.1) is 0 Å². The number of rotatable bonds is 7. The average Bonchev–Trinajstić information content (AvgIpc) is 2.87. The molecule has 1 unspecified atom stereocenters. The van der Waals surface area contributed by atoms with Crippen molar-refractivity contribution in [2.45, 2.75) is 78.7 Å². The van der Waals surface area contributed by atoms with E-state index in [9.17, 15) is 9.59 Å². The maximum absolute atomic E-state index is 12.5. The fraction of sp³-hybridized carbons (Fsp3) is 0.467. The highest BCUT2D eigenvalue weighted by molar-refractivity contribution is 5.92. The van der Waals surface area contributed by atoms with Crippen LogP contribution in [0.2, 0.25) is 0 Å². The second-order valence-electron chi connectivity index (χ2n) is 10.2. The van der Waals surface area contributed by atoms with Crippen molar-refractivity contribution in [1.29, 1.82) is 0 Å². The molecule has 2 aliphatic carbocycles. The average molecular weight is 493 g/mol. The van der Waals surface area contributed by atoms with Gasteiger partial charge < -0.3 is 0 Å². The van der Waals surface area contributed by atoms with Gasteiger partial charge in [0.05, 0.1) is 11.1 Å². The summed E-state index contributed by atoms with van der Waals surface area (Å²) in [7, 11) is 0. The van der Waals surface area contributed by atoms with E-state index >= 15 is 0 Å². The molecule has 6 heteroatoms. The molecule has 1 saturated carbocycles. The van der Waals surface area contributed by atoms with E-state index in [4.69, 9.17) is 19.6 Å². The van der Waals surface area contributed by atoms with Crippen LogP contribution < -0.4 is 0 Å². The van der Waals surface area contributed by atoms with Crippen LogP contribution in [0, 0.1) is 39.5 Å². The maximum atomic E-state index is 12.5. The molecule has 2 aliphatic rings. The van der Waals surface area contributed by atoms with Crippen LogP contribution in [0.4, 0.5) is 0 Å². The van der Waals surface area contributed by atoms with Crippen molar-refractivity contribution < 1.29 is 29.1 Å². The van der Waals surface area contributed by atoms with Gasteiger partial charge in [0.2, 0.25) is 0 Å². The molecule has 2 aromatic carbocycles. The second-order valence-corrected chi connectivity index (χ2v) is 10.2. The van der Waals surface area contributed by atoms with Crippen molar-refractivity contribution in [2.24, 2.45) is 11.8 Å². The summed E-state index contributed by atoms with van der Waals surface area (Å²) in [4.78, 5) is 46.3. The first kappa shape index (κ1) is 26.0. The fourth-order valence-corrected chi connectivity index (χ4v) is 5.55. The highest BCUT2D eigenvalue weighted by Crippen LogP contribution is 2.39. The van der Waals surface area contributed by atoms with Crippen LogP contribution in [0.5, 0.6) is 0 Å². The molecular formula is C30H36O6. The Hall–Kier alpha value is -3.12. The summed E-state index contributed by atoms with van der Waals surface area (Å²) in [5.74, 6) is 1.03. The molecule has 0 aliphatic heterocycles.